The summed E-state index contributed by atoms with van der Waals surface area (Å²) in [6.45, 7) is 6.56. The Labute approximate surface area is 182 Å². The Balaban J connectivity index is 1.65. The van der Waals surface area contributed by atoms with E-state index < -0.39 is 43.4 Å². The number of hydrogen-bond acceptors (Lipinski definition) is 5. The quantitative estimate of drug-likeness (QED) is 0.654. The summed E-state index contributed by atoms with van der Waals surface area (Å²) in [7, 11) is -7.61. The molecule has 0 atom stereocenters. The molecule has 1 fully saturated rings. The zero-order valence-electron chi connectivity index (χ0n) is 17.8. The molecule has 0 radical (unpaired) electrons. The van der Waals surface area contributed by atoms with E-state index in [0.29, 0.717) is 11.1 Å². The van der Waals surface area contributed by atoms with E-state index in [1.165, 1.54) is 17.0 Å². The van der Waals surface area contributed by atoms with E-state index in [4.69, 9.17) is 0 Å². The minimum Gasteiger partial charge on any atom is -0.339 e. The maximum absolute atomic E-state index is 13.0. The number of halogens is 1. The molecule has 2 aromatic rings. The van der Waals surface area contributed by atoms with Crippen LogP contribution in [-0.4, -0.2) is 52.5 Å². The summed E-state index contributed by atoms with van der Waals surface area (Å²) in [4.78, 5) is 13.9. The first kappa shape index (κ1) is 23.4. The molecule has 31 heavy (non-hydrogen) atoms. The summed E-state index contributed by atoms with van der Waals surface area (Å²) >= 11 is 0. The van der Waals surface area contributed by atoms with Crippen molar-refractivity contribution in [1.29, 1.82) is 0 Å². The average molecular weight is 469 g/mol. The van der Waals surface area contributed by atoms with Crippen molar-refractivity contribution >= 4 is 25.8 Å². The lowest BCUT2D eigenvalue weighted by atomic mass is 10.0. The Morgan fingerprint density at radius 3 is 2.03 bits per heavy atom. The van der Waals surface area contributed by atoms with Crippen LogP contribution in [-0.2, 0) is 24.7 Å². The van der Waals surface area contributed by atoms with Crippen molar-refractivity contribution in [2.24, 2.45) is 0 Å². The predicted octanol–water partition coefficient (Wildman–Crippen LogP) is 2.02. The Kier molecular flexibility index (Phi) is 6.28. The third-order valence-electron chi connectivity index (χ3n) is 5.76. The van der Waals surface area contributed by atoms with Gasteiger partial charge in [-0.15, -0.1) is 0 Å². The maximum atomic E-state index is 13.0. The number of carbonyl (C=O) groups is 1. The molecule has 0 aromatic heterocycles. The van der Waals surface area contributed by atoms with Crippen molar-refractivity contribution in [2.45, 2.75) is 42.7 Å². The Bertz CT molecular complexity index is 1210. The van der Waals surface area contributed by atoms with Crippen molar-refractivity contribution in [3.63, 3.8) is 0 Å². The molecule has 0 saturated carbocycles. The van der Waals surface area contributed by atoms with Gasteiger partial charge in [0.05, 0.1) is 16.3 Å². The minimum absolute atomic E-state index is 0.00697. The van der Waals surface area contributed by atoms with Gasteiger partial charge < -0.3 is 4.90 Å². The van der Waals surface area contributed by atoms with Crippen LogP contribution in [0.5, 0.6) is 0 Å². The fourth-order valence-electron chi connectivity index (χ4n) is 3.58. The van der Waals surface area contributed by atoms with Crippen molar-refractivity contribution in [2.75, 3.05) is 19.6 Å². The van der Waals surface area contributed by atoms with Crippen LogP contribution in [0.3, 0.4) is 0 Å². The first-order valence-electron chi connectivity index (χ1n) is 9.69. The van der Waals surface area contributed by atoms with E-state index in [1.54, 1.807) is 13.8 Å². The lowest BCUT2D eigenvalue weighted by Gasteiger charge is -2.38. The molecule has 168 valence electrons. The second-order valence-corrected chi connectivity index (χ2v) is 11.8. The summed E-state index contributed by atoms with van der Waals surface area (Å²) < 4.78 is 66.2. The monoisotopic (exact) mass is 468 g/mol. The van der Waals surface area contributed by atoms with Gasteiger partial charge in [-0.25, -0.2) is 25.9 Å². The number of rotatable bonds is 6. The van der Waals surface area contributed by atoms with Gasteiger partial charge in [-0.2, -0.15) is 0 Å². The van der Waals surface area contributed by atoms with Gasteiger partial charge in [0.15, 0.2) is 9.84 Å². The Morgan fingerprint density at radius 2 is 1.52 bits per heavy atom. The number of aryl methyl sites for hydroxylation is 2. The number of amides is 1. The lowest BCUT2D eigenvalue weighted by Crippen LogP contribution is -2.58. The largest absolute Gasteiger partial charge is 0.339 e. The van der Waals surface area contributed by atoms with Crippen LogP contribution < -0.4 is 4.72 Å². The number of benzene rings is 2. The number of nitrogens with one attached hydrogen (secondary N) is 1. The first-order chi connectivity index (χ1) is 14.3. The SMILES string of the molecule is Cc1cc(C)c(C)c(S(=O)(=O)NCC(=O)N2CC(S(=O)(=O)c3ccc(F)cc3)C2)c1C. The lowest BCUT2D eigenvalue weighted by molar-refractivity contribution is -0.133. The van der Waals surface area contributed by atoms with Crippen LogP contribution in [0, 0.1) is 33.5 Å². The third-order valence-corrected chi connectivity index (χ3v) is 9.54. The number of carbonyl (C=O) groups excluding carboxylic acids is 1. The second-order valence-electron chi connectivity index (χ2n) is 7.83. The van der Waals surface area contributed by atoms with Gasteiger partial charge in [0, 0.05) is 13.1 Å². The maximum Gasteiger partial charge on any atom is 0.241 e. The van der Waals surface area contributed by atoms with Crippen LogP contribution in [0.2, 0.25) is 0 Å². The highest BCUT2D eigenvalue weighted by atomic mass is 32.2. The molecule has 0 aliphatic carbocycles. The van der Waals surface area contributed by atoms with E-state index in [9.17, 15) is 26.0 Å². The molecule has 1 heterocycles. The van der Waals surface area contributed by atoms with Crippen molar-refractivity contribution in [1.82, 2.24) is 9.62 Å². The van der Waals surface area contributed by atoms with Crippen LogP contribution in [0.25, 0.3) is 0 Å². The third kappa shape index (κ3) is 4.51. The summed E-state index contributed by atoms with van der Waals surface area (Å²) in [5, 5.41) is -0.803. The van der Waals surface area contributed by atoms with Crippen molar-refractivity contribution in [3.8, 4) is 0 Å². The molecule has 1 aliphatic heterocycles. The predicted molar refractivity (Wildman–Crippen MR) is 115 cm³/mol. The molecular formula is C21H25FN2O5S2. The van der Waals surface area contributed by atoms with Gasteiger partial charge in [-0.05, 0) is 74.2 Å². The van der Waals surface area contributed by atoms with Gasteiger partial charge >= 0.3 is 0 Å². The van der Waals surface area contributed by atoms with Crippen molar-refractivity contribution in [3.05, 3.63) is 58.4 Å². The zero-order valence-corrected chi connectivity index (χ0v) is 19.4. The molecular weight excluding hydrogens is 443 g/mol. The number of nitrogens with zero attached hydrogens (tertiary/aromatic N) is 1. The summed E-state index contributed by atoms with van der Waals surface area (Å²) in [5.41, 5.74) is 2.92. The van der Waals surface area contributed by atoms with Gasteiger partial charge in [-0.1, -0.05) is 6.07 Å². The highest BCUT2D eigenvalue weighted by Crippen LogP contribution is 2.26. The molecule has 1 saturated heterocycles. The molecule has 3 rings (SSSR count). The number of hydrogen-bond donors (Lipinski definition) is 1. The fraction of sp³-hybridized carbons (Fsp3) is 0.381. The minimum atomic E-state index is -3.92. The topological polar surface area (TPSA) is 101 Å². The number of sulfonamides is 1. The number of sulfone groups is 1. The second kappa shape index (κ2) is 8.33. The van der Waals surface area contributed by atoms with Crippen LogP contribution in [0.15, 0.2) is 40.1 Å². The highest BCUT2D eigenvalue weighted by molar-refractivity contribution is 7.92. The smallest absolute Gasteiger partial charge is 0.241 e. The molecule has 1 aliphatic rings. The molecule has 1 N–H and O–H groups in total. The number of likely N-dealkylation sites (tertiary alicyclic amines) is 1. The van der Waals surface area contributed by atoms with Crippen LogP contribution >= 0.6 is 0 Å². The molecule has 0 spiro atoms. The van der Waals surface area contributed by atoms with E-state index in [-0.39, 0.29) is 22.9 Å². The van der Waals surface area contributed by atoms with E-state index >= 15 is 0 Å². The summed E-state index contributed by atoms with van der Waals surface area (Å²) in [6, 6.07) is 6.44. The van der Waals surface area contributed by atoms with Gasteiger partial charge in [-0.3, -0.25) is 4.79 Å². The van der Waals surface area contributed by atoms with E-state index in [0.717, 1.165) is 23.3 Å². The standard InChI is InChI=1S/C21H25FN2O5S2/c1-13-9-14(2)16(4)21(15(13)3)31(28,29)23-10-20(25)24-11-19(12-24)30(26,27)18-7-5-17(22)6-8-18/h5-9,19,23H,10-12H2,1-4H3. The Hall–Kier alpha value is -2.30. The van der Waals surface area contributed by atoms with Gasteiger partial charge in [0.1, 0.15) is 11.1 Å². The average Bonchev–Trinajstić information content (AvgIpc) is 2.64. The summed E-state index contributed by atoms with van der Waals surface area (Å²) in [5.74, 6) is -1.04. The molecule has 2 aromatic carbocycles. The molecule has 10 heteroatoms. The van der Waals surface area contributed by atoms with Gasteiger partial charge in [0.25, 0.3) is 0 Å². The Morgan fingerprint density at radius 1 is 1.00 bits per heavy atom. The summed E-state index contributed by atoms with van der Waals surface area (Å²) in [6.07, 6.45) is 0. The van der Waals surface area contributed by atoms with Crippen molar-refractivity contribution < 1.29 is 26.0 Å². The zero-order chi connectivity index (χ0) is 23.1. The molecule has 1 amide bonds. The fourth-order valence-corrected chi connectivity index (χ4v) is 6.82. The van der Waals surface area contributed by atoms with Gasteiger partial charge in [0.2, 0.25) is 15.9 Å². The van der Waals surface area contributed by atoms with E-state index in [2.05, 4.69) is 4.72 Å². The first-order valence-corrected chi connectivity index (χ1v) is 12.7. The molecule has 0 unspecified atom stereocenters. The molecule has 0 bridgehead atoms. The van der Waals surface area contributed by atoms with Crippen LogP contribution in [0.1, 0.15) is 22.3 Å². The molecule has 7 nitrogen and oxygen atoms in total. The highest BCUT2D eigenvalue weighted by Gasteiger charge is 2.40. The normalized spacial score (nSPS) is 15.1. The van der Waals surface area contributed by atoms with Crippen LogP contribution in [0.4, 0.5) is 4.39 Å². The van der Waals surface area contributed by atoms with E-state index in [1.807, 2.05) is 19.9 Å².